The number of aliphatic hydroxyl groups is 1. The van der Waals surface area contributed by atoms with Gasteiger partial charge in [-0.2, -0.15) is 0 Å². The SMILES string of the molecule is CC(=O)N[C@@H](CO)C(=O)N[C@@H](CC(N)=O)C(=O)N[C@@H](Cc1c[nH]c2ccccc12)C(=O)N[C@@H](CCCCN)C(=O)N[C@@H](Cc1c[nH]c2ccccc12)C(=O)N[C@@H](Cc1c[nH]c2ccccc12)C(=O)N1CCC[C@H]1C(N)=O. The van der Waals surface area contributed by atoms with Crippen molar-refractivity contribution in [1.29, 1.82) is 0 Å². The number of carbonyl (C=O) groups excluding carboxylic acids is 9. The van der Waals surface area contributed by atoms with Crippen molar-refractivity contribution in [3.63, 3.8) is 0 Å². The maximum Gasteiger partial charge on any atom is 0.246 e. The number of carbonyl (C=O) groups is 9. The second-order valence-electron chi connectivity index (χ2n) is 19.0. The summed E-state index contributed by atoms with van der Waals surface area (Å²) in [6.45, 7) is 0.749. The van der Waals surface area contributed by atoms with E-state index in [0.717, 1.165) is 28.7 Å². The molecule has 9 amide bonds. The van der Waals surface area contributed by atoms with Gasteiger partial charge in [0.05, 0.1) is 13.0 Å². The van der Waals surface area contributed by atoms with Gasteiger partial charge in [-0.1, -0.05) is 54.6 Å². The number of aromatic nitrogens is 3. The fourth-order valence-electron chi connectivity index (χ4n) is 9.68. The van der Waals surface area contributed by atoms with Gasteiger partial charge in [0.25, 0.3) is 0 Å². The van der Waals surface area contributed by atoms with E-state index in [1.807, 2.05) is 54.6 Å². The van der Waals surface area contributed by atoms with E-state index in [1.54, 1.807) is 36.8 Å². The van der Waals surface area contributed by atoms with E-state index in [1.165, 1.54) is 4.90 Å². The van der Waals surface area contributed by atoms with Crippen LogP contribution in [0.4, 0.5) is 0 Å². The van der Waals surface area contributed by atoms with Gasteiger partial charge in [-0.25, -0.2) is 0 Å². The quantitative estimate of drug-likeness (QED) is 0.0309. The van der Waals surface area contributed by atoms with Crippen LogP contribution in [0.25, 0.3) is 32.7 Å². The summed E-state index contributed by atoms with van der Waals surface area (Å²) in [4.78, 5) is 134. The van der Waals surface area contributed by atoms with Gasteiger partial charge < -0.3 is 74.1 Å². The minimum absolute atomic E-state index is 0.00687. The summed E-state index contributed by atoms with van der Waals surface area (Å²) >= 11 is 0. The standard InChI is InChI=1S/C53H65N13O10/c1-29(68)60-44(28-67)52(75)64-42(24-46(55)69)51(74)63-40(21-30-25-57-36-14-5-2-11-33(30)36)49(72)61-39(17-8-9-19-54)48(71)62-41(22-31-26-58-37-15-6-3-12-34(31)37)50(73)65-43(53(76)66-20-10-18-45(66)47(56)70)23-32-27-59-38-16-7-4-13-35(32)38/h2-7,11-16,25-27,39-45,57-59,67H,8-10,17-24,28,54H2,1H3,(H2,55,69)(H2,56,70)(H,60,68)(H,61,72)(H,62,71)(H,63,74)(H,64,75)(H,65,73)/t39-,40-,41-,42-,43-,44-,45-/m0/s1. The molecule has 76 heavy (non-hydrogen) atoms. The van der Waals surface area contributed by atoms with Crippen LogP contribution in [0.2, 0.25) is 0 Å². The third-order valence-electron chi connectivity index (χ3n) is 13.5. The predicted octanol–water partition coefficient (Wildman–Crippen LogP) is -0.440. The van der Waals surface area contributed by atoms with Crippen molar-refractivity contribution in [3.8, 4) is 0 Å². The van der Waals surface area contributed by atoms with Crippen LogP contribution in [-0.4, -0.2) is 140 Å². The molecule has 7 atom stereocenters. The molecule has 1 aliphatic rings. The van der Waals surface area contributed by atoms with E-state index in [2.05, 4.69) is 46.9 Å². The molecule has 6 aromatic rings. The number of primary amides is 2. The Hall–Kier alpha value is -8.57. The molecule has 23 nitrogen and oxygen atoms in total. The number of para-hydroxylation sites is 3. The highest BCUT2D eigenvalue weighted by atomic mass is 16.3. The Balaban J connectivity index is 1.20. The van der Waals surface area contributed by atoms with Gasteiger partial charge in [0.2, 0.25) is 53.2 Å². The number of likely N-dealkylation sites (tertiary alicyclic amines) is 1. The molecule has 0 bridgehead atoms. The number of amides is 9. The molecule has 1 fully saturated rings. The summed E-state index contributed by atoms with van der Waals surface area (Å²) in [5.74, 6) is -7.31. The summed E-state index contributed by atoms with van der Waals surface area (Å²) in [6.07, 6.45) is 5.77. The second kappa shape index (κ2) is 25.6. The average Bonchev–Trinajstić information content (AvgIpc) is 4.23. The number of nitrogens with zero attached hydrogens (tertiary/aromatic N) is 1. The molecule has 0 aliphatic carbocycles. The van der Waals surface area contributed by atoms with Gasteiger partial charge in [0.1, 0.15) is 42.3 Å². The molecule has 0 saturated carbocycles. The maximum atomic E-state index is 15.0. The molecule has 16 N–H and O–H groups in total. The fourth-order valence-corrected chi connectivity index (χ4v) is 9.68. The Morgan fingerprint density at radius 3 is 1.46 bits per heavy atom. The molecule has 1 aliphatic heterocycles. The molecule has 0 spiro atoms. The Kier molecular flexibility index (Phi) is 18.6. The van der Waals surface area contributed by atoms with E-state index in [-0.39, 0.29) is 38.8 Å². The Morgan fingerprint density at radius 2 is 1.00 bits per heavy atom. The number of rotatable bonds is 26. The number of H-pyrrole nitrogens is 3. The van der Waals surface area contributed by atoms with E-state index in [0.29, 0.717) is 53.3 Å². The minimum atomic E-state index is -1.68. The normalized spacial score (nSPS) is 15.7. The highest BCUT2D eigenvalue weighted by Crippen LogP contribution is 2.25. The van der Waals surface area contributed by atoms with Crippen molar-refractivity contribution in [2.75, 3.05) is 19.7 Å². The third kappa shape index (κ3) is 13.8. The largest absolute Gasteiger partial charge is 0.394 e. The Labute approximate surface area is 436 Å². The van der Waals surface area contributed by atoms with Crippen LogP contribution < -0.4 is 49.1 Å². The highest BCUT2D eigenvalue weighted by molar-refractivity contribution is 6.00. The molecule has 0 unspecified atom stereocenters. The topological polar surface area (TPSA) is 375 Å². The zero-order chi connectivity index (χ0) is 54.5. The van der Waals surface area contributed by atoms with Crippen LogP contribution in [0.5, 0.6) is 0 Å². The third-order valence-corrected chi connectivity index (χ3v) is 13.5. The van der Waals surface area contributed by atoms with Crippen LogP contribution in [-0.2, 0) is 62.4 Å². The van der Waals surface area contributed by atoms with Crippen molar-refractivity contribution in [3.05, 3.63) is 108 Å². The number of nitrogens with two attached hydrogens (primary N) is 3. The zero-order valence-corrected chi connectivity index (χ0v) is 42.0. The van der Waals surface area contributed by atoms with E-state index in [4.69, 9.17) is 17.2 Å². The number of fused-ring (bicyclic) bond motifs is 3. The van der Waals surface area contributed by atoms with Crippen LogP contribution >= 0.6 is 0 Å². The molecule has 3 aromatic carbocycles. The van der Waals surface area contributed by atoms with Crippen LogP contribution in [0.3, 0.4) is 0 Å². The highest BCUT2D eigenvalue weighted by Gasteiger charge is 2.39. The first-order chi connectivity index (χ1) is 36.5. The van der Waals surface area contributed by atoms with E-state index < -0.39 is 108 Å². The number of nitrogens with one attached hydrogen (secondary N) is 9. The lowest BCUT2D eigenvalue weighted by Crippen LogP contribution is -2.61. The zero-order valence-electron chi connectivity index (χ0n) is 42.0. The molecule has 3 aromatic heterocycles. The average molecular weight is 1040 g/mol. The summed E-state index contributed by atoms with van der Waals surface area (Å²) in [5.41, 5.74) is 21.3. The lowest BCUT2D eigenvalue weighted by molar-refractivity contribution is -0.141. The first-order valence-corrected chi connectivity index (χ1v) is 25.2. The van der Waals surface area contributed by atoms with Crippen molar-refractivity contribution in [1.82, 2.24) is 51.8 Å². The van der Waals surface area contributed by atoms with Gasteiger partial charge in [0.15, 0.2) is 0 Å². The summed E-state index contributed by atoms with van der Waals surface area (Å²) < 4.78 is 0. The van der Waals surface area contributed by atoms with Crippen molar-refractivity contribution >= 4 is 85.9 Å². The van der Waals surface area contributed by atoms with E-state index in [9.17, 15) is 48.3 Å². The number of unbranched alkanes of at least 4 members (excludes halogenated alkanes) is 1. The Bertz CT molecular complexity index is 3090. The van der Waals surface area contributed by atoms with Crippen molar-refractivity contribution < 1.29 is 48.3 Å². The molecule has 4 heterocycles. The molecule has 1 saturated heterocycles. The van der Waals surface area contributed by atoms with Crippen LogP contribution in [0.1, 0.15) is 62.1 Å². The van der Waals surface area contributed by atoms with Gasteiger partial charge in [0, 0.05) is 84.0 Å². The van der Waals surface area contributed by atoms with Gasteiger partial charge in [-0.05, 0) is 73.5 Å². The number of aromatic amines is 3. The summed E-state index contributed by atoms with van der Waals surface area (Å²) in [5, 5.41) is 27.8. The monoisotopic (exact) mass is 1040 g/mol. The van der Waals surface area contributed by atoms with Crippen molar-refractivity contribution in [2.24, 2.45) is 17.2 Å². The van der Waals surface area contributed by atoms with Gasteiger partial charge in [-0.3, -0.25) is 43.2 Å². The van der Waals surface area contributed by atoms with Gasteiger partial charge in [-0.15, -0.1) is 0 Å². The van der Waals surface area contributed by atoms with Crippen LogP contribution in [0.15, 0.2) is 91.4 Å². The number of hydrogen-bond donors (Lipinski definition) is 13. The summed E-state index contributed by atoms with van der Waals surface area (Å²) in [6, 6.07) is 12.5. The van der Waals surface area contributed by atoms with Crippen molar-refractivity contribution in [2.45, 2.75) is 107 Å². The van der Waals surface area contributed by atoms with Crippen LogP contribution in [0, 0.1) is 0 Å². The molecule has 23 heteroatoms. The first-order valence-electron chi connectivity index (χ1n) is 25.2. The second-order valence-corrected chi connectivity index (χ2v) is 19.0. The first kappa shape index (κ1) is 55.2. The number of benzene rings is 3. The molecule has 0 radical (unpaired) electrons. The smallest absolute Gasteiger partial charge is 0.246 e. The number of hydrogen-bond acceptors (Lipinski definition) is 11. The molecule has 7 rings (SSSR count). The van der Waals surface area contributed by atoms with Gasteiger partial charge >= 0.3 is 0 Å². The predicted molar refractivity (Wildman–Crippen MR) is 281 cm³/mol. The minimum Gasteiger partial charge on any atom is -0.394 e. The molecular weight excluding hydrogens is 979 g/mol. The lowest BCUT2D eigenvalue weighted by Gasteiger charge is -2.30. The maximum absolute atomic E-state index is 15.0. The molecule has 402 valence electrons. The lowest BCUT2D eigenvalue weighted by atomic mass is 10.00. The Morgan fingerprint density at radius 1 is 0.579 bits per heavy atom. The summed E-state index contributed by atoms with van der Waals surface area (Å²) in [7, 11) is 0. The number of aliphatic hydroxyl groups excluding tert-OH is 1. The fraction of sp³-hybridized carbons (Fsp3) is 0.377. The van der Waals surface area contributed by atoms with E-state index >= 15 is 0 Å². The molecular formula is C53H65N13O10.